The van der Waals surface area contributed by atoms with Gasteiger partial charge in [-0.15, -0.1) is 0 Å². The van der Waals surface area contributed by atoms with Gasteiger partial charge in [-0.05, 0) is 86.3 Å². The smallest absolute Gasteiger partial charge is 0.337 e. The Hall–Kier alpha value is -4.36. The van der Waals surface area contributed by atoms with Gasteiger partial charge in [-0.25, -0.2) is 13.2 Å². The maximum Gasteiger partial charge on any atom is 0.337 e. The Morgan fingerprint density at radius 2 is 1.80 bits per heavy atom. The number of carbonyl (C=O) groups excluding carboxylic acids is 2. The van der Waals surface area contributed by atoms with Crippen LogP contribution in [0.5, 0.6) is 5.75 Å². The predicted octanol–water partition coefficient (Wildman–Crippen LogP) is 4.56. The van der Waals surface area contributed by atoms with Crippen molar-refractivity contribution >= 4 is 33.2 Å². The average molecular weight is 562 g/mol. The molecule has 1 saturated heterocycles. The standard InChI is InChI=1S/C30H31N3O6S/c1-3-17-33(24-6-4-5-23(18-24)32-40(37,38)26-13-9-22(20-31)10-14-26)28-27(35)19-30(2,39-29(28)36)16-15-21-7-11-25(34)12-8-21/h4-14,18,28,32,34H,3,15-17,19H2,1-2H3. The van der Waals surface area contributed by atoms with E-state index in [4.69, 9.17) is 10.00 Å². The van der Waals surface area contributed by atoms with E-state index in [2.05, 4.69) is 4.72 Å². The molecule has 1 aliphatic heterocycles. The highest BCUT2D eigenvalue weighted by Crippen LogP contribution is 2.33. The number of hydrogen-bond donors (Lipinski definition) is 2. The number of benzene rings is 3. The average Bonchev–Trinajstić information content (AvgIpc) is 2.92. The summed E-state index contributed by atoms with van der Waals surface area (Å²) >= 11 is 0. The minimum absolute atomic E-state index is 0.0000528. The molecule has 2 atom stereocenters. The number of cyclic esters (lactones) is 1. The number of ketones is 1. The summed E-state index contributed by atoms with van der Waals surface area (Å²) in [6.45, 7) is 4.05. The van der Waals surface area contributed by atoms with Crippen LogP contribution in [0, 0.1) is 11.3 Å². The molecule has 1 heterocycles. The second-order valence-electron chi connectivity index (χ2n) is 10.1. The number of nitrogens with zero attached hydrogens (tertiary/aromatic N) is 2. The van der Waals surface area contributed by atoms with E-state index in [1.165, 1.54) is 24.3 Å². The molecule has 3 aromatic rings. The van der Waals surface area contributed by atoms with Crippen molar-refractivity contribution in [1.82, 2.24) is 0 Å². The Balaban J connectivity index is 1.51. The number of aromatic hydroxyl groups is 1. The summed E-state index contributed by atoms with van der Waals surface area (Å²) < 4.78 is 34.2. The third-order valence-corrected chi connectivity index (χ3v) is 8.20. The number of anilines is 2. The SMILES string of the molecule is CCCN(c1cccc(NS(=O)(=O)c2ccc(C#N)cc2)c1)C1C(=O)CC(C)(CCc2ccc(O)cc2)OC1=O. The van der Waals surface area contributed by atoms with Crippen molar-refractivity contribution in [2.75, 3.05) is 16.2 Å². The Labute approximate surface area is 234 Å². The van der Waals surface area contributed by atoms with Crippen LogP contribution in [0.25, 0.3) is 0 Å². The van der Waals surface area contributed by atoms with E-state index in [9.17, 15) is 23.1 Å². The van der Waals surface area contributed by atoms with Crippen LogP contribution in [0.3, 0.4) is 0 Å². The van der Waals surface area contributed by atoms with Gasteiger partial charge in [0.15, 0.2) is 11.8 Å². The fourth-order valence-corrected chi connectivity index (χ4v) is 5.81. The third kappa shape index (κ3) is 6.61. The highest BCUT2D eigenvalue weighted by molar-refractivity contribution is 7.92. The van der Waals surface area contributed by atoms with Crippen molar-refractivity contribution in [3.05, 3.63) is 83.9 Å². The summed E-state index contributed by atoms with van der Waals surface area (Å²) in [5.41, 5.74) is 1.11. The highest BCUT2D eigenvalue weighted by atomic mass is 32.2. The molecule has 0 aliphatic carbocycles. The van der Waals surface area contributed by atoms with Gasteiger partial charge in [0.2, 0.25) is 0 Å². The van der Waals surface area contributed by atoms with Gasteiger partial charge >= 0.3 is 5.97 Å². The molecule has 1 aliphatic rings. The van der Waals surface area contributed by atoms with E-state index in [0.717, 1.165) is 5.56 Å². The molecule has 10 heteroatoms. The Kier molecular flexibility index (Phi) is 8.45. The van der Waals surface area contributed by atoms with Crippen LogP contribution in [0.15, 0.2) is 77.7 Å². The van der Waals surface area contributed by atoms with Crippen molar-refractivity contribution in [1.29, 1.82) is 5.26 Å². The highest BCUT2D eigenvalue weighted by Gasteiger charge is 2.46. The first kappa shape index (κ1) is 28.6. The molecule has 0 aromatic heterocycles. The summed E-state index contributed by atoms with van der Waals surface area (Å²) in [6, 6.07) is 19.6. The molecule has 0 amide bonds. The lowest BCUT2D eigenvalue weighted by molar-refractivity contribution is -0.171. The number of nitriles is 1. The van der Waals surface area contributed by atoms with Gasteiger partial charge in [0, 0.05) is 18.7 Å². The molecule has 2 unspecified atom stereocenters. The molecular formula is C30H31N3O6S. The van der Waals surface area contributed by atoms with Crippen LogP contribution in [0.2, 0.25) is 0 Å². The lowest BCUT2D eigenvalue weighted by Gasteiger charge is -2.40. The summed E-state index contributed by atoms with van der Waals surface area (Å²) in [6.07, 6.45) is 1.70. The number of phenolic OH excluding ortho intramolecular Hbond substituents is 1. The number of carbonyl (C=O) groups is 2. The maximum absolute atomic E-state index is 13.4. The predicted molar refractivity (Wildman–Crippen MR) is 150 cm³/mol. The quantitative estimate of drug-likeness (QED) is 0.272. The van der Waals surface area contributed by atoms with E-state index >= 15 is 0 Å². The lowest BCUT2D eigenvalue weighted by atomic mass is 9.86. The molecule has 208 valence electrons. The second-order valence-corrected chi connectivity index (χ2v) is 11.8. The summed E-state index contributed by atoms with van der Waals surface area (Å²) in [4.78, 5) is 28.3. The number of aryl methyl sites for hydroxylation is 1. The second kappa shape index (κ2) is 11.8. The zero-order valence-corrected chi connectivity index (χ0v) is 23.1. The molecule has 0 saturated carbocycles. The molecule has 40 heavy (non-hydrogen) atoms. The number of phenols is 1. The number of hydrogen-bond acceptors (Lipinski definition) is 8. The fourth-order valence-electron chi connectivity index (χ4n) is 4.76. The summed E-state index contributed by atoms with van der Waals surface area (Å²) in [5.74, 6) is -0.734. The van der Waals surface area contributed by atoms with Gasteiger partial charge in [-0.2, -0.15) is 5.26 Å². The van der Waals surface area contributed by atoms with E-state index in [1.54, 1.807) is 60.4 Å². The Morgan fingerprint density at radius 3 is 2.42 bits per heavy atom. The van der Waals surface area contributed by atoms with Crippen LogP contribution in [0.1, 0.15) is 44.2 Å². The van der Waals surface area contributed by atoms with E-state index in [1.807, 2.05) is 13.0 Å². The zero-order valence-electron chi connectivity index (χ0n) is 22.3. The molecule has 0 radical (unpaired) electrons. The van der Waals surface area contributed by atoms with Gasteiger partial charge in [0.05, 0.1) is 22.2 Å². The number of esters is 1. The first-order valence-electron chi connectivity index (χ1n) is 13.0. The van der Waals surface area contributed by atoms with Crippen LogP contribution < -0.4 is 9.62 Å². The molecule has 1 fully saturated rings. The molecule has 9 nitrogen and oxygen atoms in total. The minimum Gasteiger partial charge on any atom is -0.508 e. The number of Topliss-reactive ketones (excluding diaryl/α,β-unsaturated/α-hetero) is 1. The molecular weight excluding hydrogens is 530 g/mol. The van der Waals surface area contributed by atoms with Crippen LogP contribution in [-0.4, -0.2) is 43.5 Å². The van der Waals surface area contributed by atoms with Gasteiger partial charge in [-0.1, -0.05) is 25.1 Å². The Morgan fingerprint density at radius 1 is 1.10 bits per heavy atom. The number of rotatable bonds is 10. The van der Waals surface area contributed by atoms with Crippen molar-refractivity contribution < 1.29 is 27.9 Å². The van der Waals surface area contributed by atoms with Crippen LogP contribution in [-0.2, 0) is 30.8 Å². The largest absolute Gasteiger partial charge is 0.508 e. The van der Waals surface area contributed by atoms with E-state index in [-0.39, 0.29) is 28.5 Å². The monoisotopic (exact) mass is 561 g/mol. The maximum atomic E-state index is 13.4. The van der Waals surface area contributed by atoms with Crippen molar-refractivity contribution in [2.24, 2.45) is 0 Å². The van der Waals surface area contributed by atoms with Gasteiger partial charge < -0.3 is 14.7 Å². The topological polar surface area (TPSA) is 137 Å². The van der Waals surface area contributed by atoms with Gasteiger partial charge in [-0.3, -0.25) is 9.52 Å². The van der Waals surface area contributed by atoms with Crippen LogP contribution in [0.4, 0.5) is 11.4 Å². The van der Waals surface area contributed by atoms with Crippen LogP contribution >= 0.6 is 0 Å². The normalized spacial score (nSPS) is 19.0. The van der Waals surface area contributed by atoms with Gasteiger partial charge in [0.25, 0.3) is 10.0 Å². The summed E-state index contributed by atoms with van der Waals surface area (Å²) in [5, 5.41) is 18.5. The van der Waals surface area contributed by atoms with E-state index < -0.39 is 27.6 Å². The number of ether oxygens (including phenoxy) is 1. The molecule has 2 N–H and O–H groups in total. The summed E-state index contributed by atoms with van der Waals surface area (Å²) in [7, 11) is -3.94. The Bertz CT molecular complexity index is 1510. The molecule has 3 aromatic carbocycles. The van der Waals surface area contributed by atoms with Gasteiger partial charge in [0.1, 0.15) is 11.4 Å². The third-order valence-electron chi connectivity index (χ3n) is 6.80. The minimum atomic E-state index is -3.94. The number of nitrogens with one attached hydrogen (secondary N) is 1. The first-order chi connectivity index (χ1) is 19.0. The fraction of sp³-hybridized carbons (Fsp3) is 0.300. The molecule has 0 spiro atoms. The van der Waals surface area contributed by atoms with Crippen molar-refractivity contribution in [3.8, 4) is 11.8 Å². The van der Waals surface area contributed by atoms with Crippen molar-refractivity contribution in [2.45, 2.75) is 56.1 Å². The molecule has 0 bridgehead atoms. The van der Waals surface area contributed by atoms with E-state index in [0.29, 0.717) is 37.1 Å². The first-order valence-corrected chi connectivity index (χ1v) is 14.4. The zero-order chi connectivity index (χ0) is 28.9. The number of sulfonamides is 1. The molecule has 4 rings (SSSR count). The van der Waals surface area contributed by atoms with Crippen molar-refractivity contribution in [3.63, 3.8) is 0 Å². The lowest BCUT2D eigenvalue weighted by Crippen LogP contribution is -2.56.